The van der Waals surface area contributed by atoms with E-state index >= 15 is 0 Å². The van der Waals surface area contributed by atoms with Crippen LogP contribution in [0.25, 0.3) is 0 Å². The maximum Gasteiger partial charge on any atom is 0.0230 e. The van der Waals surface area contributed by atoms with E-state index in [2.05, 4.69) is 31.7 Å². The Morgan fingerprint density at radius 2 is 2.08 bits per heavy atom. The molecular formula is C11H20N2. The van der Waals surface area contributed by atoms with Gasteiger partial charge in [-0.3, -0.25) is 0 Å². The van der Waals surface area contributed by atoms with Gasteiger partial charge in [0, 0.05) is 24.0 Å². The highest BCUT2D eigenvalue weighted by molar-refractivity contribution is 5.21. The first-order valence-corrected chi connectivity index (χ1v) is 5.07. The third-order valence-corrected chi connectivity index (χ3v) is 2.49. The molecule has 0 aromatic rings. The molecule has 0 aromatic heterocycles. The topological polar surface area (TPSA) is 29.3 Å². The summed E-state index contributed by atoms with van der Waals surface area (Å²) in [5, 5.41) is 0. The molecule has 0 radical (unpaired) electrons. The van der Waals surface area contributed by atoms with Crippen LogP contribution < -0.4 is 5.73 Å². The molecule has 2 heteroatoms. The van der Waals surface area contributed by atoms with Crippen molar-refractivity contribution in [3.05, 3.63) is 23.5 Å². The summed E-state index contributed by atoms with van der Waals surface area (Å²) < 4.78 is 0. The number of rotatable bonds is 3. The first-order valence-electron chi connectivity index (χ1n) is 5.07. The van der Waals surface area contributed by atoms with Crippen LogP contribution in [0.3, 0.4) is 0 Å². The minimum atomic E-state index is 0.587. The Labute approximate surface area is 81.1 Å². The fourth-order valence-electron chi connectivity index (χ4n) is 1.78. The van der Waals surface area contributed by atoms with Gasteiger partial charge in [0.15, 0.2) is 0 Å². The van der Waals surface area contributed by atoms with Gasteiger partial charge in [-0.2, -0.15) is 0 Å². The maximum atomic E-state index is 5.71. The molecule has 13 heavy (non-hydrogen) atoms. The fraction of sp³-hybridized carbons (Fsp3) is 0.636. The molecule has 0 saturated heterocycles. The van der Waals surface area contributed by atoms with Crippen LogP contribution in [0.15, 0.2) is 23.5 Å². The summed E-state index contributed by atoms with van der Waals surface area (Å²) in [4.78, 5) is 2.42. The molecule has 0 atom stereocenters. The van der Waals surface area contributed by atoms with Gasteiger partial charge in [-0.25, -0.2) is 0 Å². The molecule has 1 aliphatic rings. The second kappa shape index (κ2) is 4.35. The monoisotopic (exact) mass is 180 g/mol. The summed E-state index contributed by atoms with van der Waals surface area (Å²) in [5.74, 6) is 0. The van der Waals surface area contributed by atoms with Crippen molar-refractivity contribution in [3.63, 3.8) is 0 Å². The van der Waals surface area contributed by atoms with E-state index in [1.54, 1.807) is 0 Å². The number of hydrogen-bond donors (Lipinski definition) is 1. The molecule has 0 amide bonds. The maximum absolute atomic E-state index is 5.71. The van der Waals surface area contributed by atoms with Crippen LogP contribution in [0.4, 0.5) is 0 Å². The van der Waals surface area contributed by atoms with E-state index in [0.717, 1.165) is 25.1 Å². The van der Waals surface area contributed by atoms with Crippen molar-refractivity contribution in [2.45, 2.75) is 39.7 Å². The molecular weight excluding hydrogens is 160 g/mol. The molecule has 0 saturated carbocycles. The fourth-order valence-corrected chi connectivity index (χ4v) is 1.78. The Bertz CT molecular complexity index is 226. The average Bonchev–Trinajstić information content (AvgIpc) is 2.09. The number of allylic oxidation sites excluding steroid dienone is 4. The van der Waals surface area contributed by atoms with E-state index in [4.69, 9.17) is 5.73 Å². The third-order valence-electron chi connectivity index (χ3n) is 2.49. The highest BCUT2D eigenvalue weighted by Crippen LogP contribution is 2.20. The Kier molecular flexibility index (Phi) is 3.40. The van der Waals surface area contributed by atoms with Gasteiger partial charge in [-0.15, -0.1) is 0 Å². The zero-order chi connectivity index (χ0) is 9.84. The van der Waals surface area contributed by atoms with Crippen LogP contribution in [-0.2, 0) is 0 Å². The van der Waals surface area contributed by atoms with Crippen molar-refractivity contribution < 1.29 is 0 Å². The summed E-state index contributed by atoms with van der Waals surface area (Å²) in [6.07, 6.45) is 6.29. The zero-order valence-electron chi connectivity index (χ0n) is 8.88. The minimum absolute atomic E-state index is 0.587. The lowest BCUT2D eigenvalue weighted by atomic mass is 10.1. The molecule has 0 heterocycles. The third kappa shape index (κ3) is 2.51. The van der Waals surface area contributed by atoms with Crippen molar-refractivity contribution in [2.75, 3.05) is 6.54 Å². The molecule has 2 nitrogen and oxygen atoms in total. The summed E-state index contributed by atoms with van der Waals surface area (Å²) in [5.41, 5.74) is 8.14. The molecule has 0 aromatic carbocycles. The van der Waals surface area contributed by atoms with E-state index in [9.17, 15) is 0 Å². The predicted molar refractivity (Wildman–Crippen MR) is 57.1 cm³/mol. The molecule has 74 valence electrons. The Hall–Kier alpha value is -0.920. The van der Waals surface area contributed by atoms with Crippen LogP contribution in [0.5, 0.6) is 0 Å². The zero-order valence-corrected chi connectivity index (χ0v) is 8.88. The molecule has 0 bridgehead atoms. The van der Waals surface area contributed by atoms with Crippen molar-refractivity contribution in [1.29, 1.82) is 0 Å². The van der Waals surface area contributed by atoms with E-state index in [0.29, 0.717) is 6.04 Å². The lowest BCUT2D eigenvalue weighted by Crippen LogP contribution is -2.30. The molecule has 0 fully saturated rings. The predicted octanol–water partition coefficient (Wildman–Crippen LogP) is 2.24. The minimum Gasteiger partial charge on any atom is -0.402 e. The van der Waals surface area contributed by atoms with Crippen molar-refractivity contribution >= 4 is 0 Å². The first-order chi connectivity index (χ1) is 6.15. The van der Waals surface area contributed by atoms with Crippen molar-refractivity contribution in [3.8, 4) is 0 Å². The Morgan fingerprint density at radius 3 is 2.46 bits per heavy atom. The summed E-state index contributed by atoms with van der Waals surface area (Å²) in [6, 6.07) is 0.587. The van der Waals surface area contributed by atoms with Crippen LogP contribution >= 0.6 is 0 Å². The standard InChI is InChI=1S/C11H20N2/c1-4-13(9(2)3)11-7-5-10(12)6-8-11/h5,7,9H,4,6,8,12H2,1-3H3. The highest BCUT2D eigenvalue weighted by Gasteiger charge is 2.12. The molecule has 1 aliphatic carbocycles. The second-order valence-corrected chi connectivity index (χ2v) is 3.78. The van der Waals surface area contributed by atoms with Gasteiger partial charge >= 0.3 is 0 Å². The second-order valence-electron chi connectivity index (χ2n) is 3.78. The average molecular weight is 180 g/mol. The lowest BCUT2D eigenvalue weighted by molar-refractivity contribution is 0.287. The van der Waals surface area contributed by atoms with Gasteiger partial charge in [0.2, 0.25) is 0 Å². The smallest absolute Gasteiger partial charge is 0.0230 e. The molecule has 0 spiro atoms. The van der Waals surface area contributed by atoms with Crippen LogP contribution in [-0.4, -0.2) is 17.5 Å². The van der Waals surface area contributed by atoms with E-state index < -0.39 is 0 Å². The quantitative estimate of drug-likeness (QED) is 0.721. The molecule has 0 unspecified atom stereocenters. The number of hydrogen-bond acceptors (Lipinski definition) is 2. The van der Waals surface area contributed by atoms with E-state index in [1.165, 1.54) is 5.70 Å². The van der Waals surface area contributed by atoms with Crippen molar-refractivity contribution in [2.24, 2.45) is 5.73 Å². The molecule has 1 rings (SSSR count). The molecule has 2 N–H and O–H groups in total. The van der Waals surface area contributed by atoms with Gasteiger partial charge in [0.05, 0.1) is 0 Å². The summed E-state index contributed by atoms with van der Waals surface area (Å²) in [7, 11) is 0. The lowest BCUT2D eigenvalue weighted by Gasteiger charge is -2.31. The number of nitrogens with zero attached hydrogens (tertiary/aromatic N) is 1. The molecule has 0 aliphatic heterocycles. The van der Waals surface area contributed by atoms with Gasteiger partial charge in [0.1, 0.15) is 0 Å². The summed E-state index contributed by atoms with van der Waals surface area (Å²) in [6.45, 7) is 7.73. The number of nitrogens with two attached hydrogens (primary N) is 1. The van der Waals surface area contributed by atoms with E-state index in [1.807, 2.05) is 6.08 Å². The Morgan fingerprint density at radius 1 is 1.38 bits per heavy atom. The van der Waals surface area contributed by atoms with Gasteiger partial charge < -0.3 is 10.6 Å². The van der Waals surface area contributed by atoms with Gasteiger partial charge in [-0.1, -0.05) is 0 Å². The first kappa shape index (κ1) is 10.2. The van der Waals surface area contributed by atoms with Crippen LogP contribution in [0.2, 0.25) is 0 Å². The highest BCUT2D eigenvalue weighted by atomic mass is 15.2. The van der Waals surface area contributed by atoms with Gasteiger partial charge in [-0.05, 0) is 45.8 Å². The van der Waals surface area contributed by atoms with E-state index in [-0.39, 0.29) is 0 Å². The van der Waals surface area contributed by atoms with Gasteiger partial charge in [0.25, 0.3) is 0 Å². The van der Waals surface area contributed by atoms with Crippen LogP contribution in [0.1, 0.15) is 33.6 Å². The van der Waals surface area contributed by atoms with Crippen molar-refractivity contribution in [1.82, 2.24) is 4.90 Å². The SMILES string of the molecule is CCN(C1=CC=C(N)CC1)C(C)C. The Balaban J connectivity index is 2.70. The largest absolute Gasteiger partial charge is 0.402 e. The summed E-state index contributed by atoms with van der Waals surface area (Å²) >= 11 is 0. The van der Waals surface area contributed by atoms with Crippen LogP contribution in [0, 0.1) is 0 Å². The normalized spacial score (nSPS) is 16.9.